The van der Waals surface area contributed by atoms with Crippen LogP contribution in [0.2, 0.25) is 0 Å². The fourth-order valence-electron chi connectivity index (χ4n) is 1.04. The number of aromatic nitrogens is 1. The molecule has 1 rings (SSSR count). The largest absolute Gasteiger partial charge is 0.363 e. The van der Waals surface area contributed by atoms with Crippen LogP contribution in [0.3, 0.4) is 0 Å². The van der Waals surface area contributed by atoms with Gasteiger partial charge in [0.15, 0.2) is 0 Å². The van der Waals surface area contributed by atoms with E-state index in [1.165, 1.54) is 0 Å². The van der Waals surface area contributed by atoms with Crippen molar-refractivity contribution in [3.05, 3.63) is 24.0 Å². The van der Waals surface area contributed by atoms with Gasteiger partial charge in [0.2, 0.25) is 5.91 Å². The molecule has 0 aromatic carbocycles. The minimum atomic E-state index is -0.461. The molecule has 1 amide bonds. The van der Waals surface area contributed by atoms with Crippen molar-refractivity contribution in [1.29, 1.82) is 0 Å². The van der Waals surface area contributed by atoms with Gasteiger partial charge in [-0.05, 0) is 26.0 Å². The molecule has 2 atom stereocenters. The fraction of sp³-hybridized carbons (Fsp3) is 0.444. The summed E-state index contributed by atoms with van der Waals surface area (Å²) in [5.74, 6) is -0.137. The lowest BCUT2D eigenvalue weighted by molar-refractivity contribution is -0.122. The van der Waals surface area contributed by atoms with Crippen LogP contribution in [0.25, 0.3) is 0 Å². The molecule has 4 heteroatoms. The summed E-state index contributed by atoms with van der Waals surface area (Å²) in [7, 11) is 0. The number of hydrogen-bond donors (Lipinski definition) is 3. The first kappa shape index (κ1) is 9.80. The minimum absolute atomic E-state index is 0.0199. The number of amides is 1. The van der Waals surface area contributed by atoms with Crippen molar-refractivity contribution in [3.63, 3.8) is 0 Å². The summed E-state index contributed by atoms with van der Waals surface area (Å²) in [6.07, 6.45) is 1.82. The molecule has 1 aromatic heterocycles. The number of H-pyrrole nitrogens is 1. The Hall–Kier alpha value is -1.29. The molecule has 72 valence electrons. The summed E-state index contributed by atoms with van der Waals surface area (Å²) >= 11 is 0. The van der Waals surface area contributed by atoms with Gasteiger partial charge in [0.1, 0.15) is 0 Å². The van der Waals surface area contributed by atoms with Gasteiger partial charge in [0.05, 0.1) is 12.1 Å². The van der Waals surface area contributed by atoms with Crippen molar-refractivity contribution in [3.8, 4) is 0 Å². The third kappa shape index (κ3) is 2.59. The number of nitrogens with two attached hydrogens (primary N) is 1. The molecular weight excluding hydrogens is 166 g/mol. The highest BCUT2D eigenvalue weighted by Gasteiger charge is 2.12. The monoisotopic (exact) mass is 181 g/mol. The quantitative estimate of drug-likeness (QED) is 0.637. The molecule has 1 unspecified atom stereocenters. The Morgan fingerprint density at radius 3 is 2.77 bits per heavy atom. The van der Waals surface area contributed by atoms with Crippen molar-refractivity contribution in [2.75, 3.05) is 0 Å². The zero-order valence-electron chi connectivity index (χ0n) is 7.87. The number of carbonyl (C=O) groups excluding carboxylic acids is 1. The summed E-state index contributed by atoms with van der Waals surface area (Å²) < 4.78 is 0. The van der Waals surface area contributed by atoms with Crippen LogP contribution < -0.4 is 11.1 Å². The molecule has 0 radical (unpaired) electrons. The Bertz CT molecular complexity index is 266. The van der Waals surface area contributed by atoms with Crippen molar-refractivity contribution in [2.24, 2.45) is 5.73 Å². The lowest BCUT2D eigenvalue weighted by Crippen LogP contribution is -2.39. The predicted molar refractivity (Wildman–Crippen MR) is 51.0 cm³/mol. The van der Waals surface area contributed by atoms with Crippen molar-refractivity contribution >= 4 is 5.91 Å². The normalized spacial score (nSPS) is 15.0. The Morgan fingerprint density at radius 2 is 2.31 bits per heavy atom. The second-order valence-electron chi connectivity index (χ2n) is 3.14. The van der Waals surface area contributed by atoms with Gasteiger partial charge < -0.3 is 16.0 Å². The Kier molecular flexibility index (Phi) is 3.08. The van der Waals surface area contributed by atoms with Crippen LogP contribution in [-0.2, 0) is 4.79 Å². The lowest BCUT2D eigenvalue weighted by Gasteiger charge is -2.13. The molecule has 0 fully saturated rings. The smallest absolute Gasteiger partial charge is 0.237 e. The summed E-state index contributed by atoms with van der Waals surface area (Å²) in [5, 5.41) is 2.79. The standard InChI is InChI=1S/C9H15N3O/c1-6(10)9(13)12-7(2)8-4-3-5-11-8/h3-7,11H,10H2,1-2H3,(H,12,13)/t6-,7?/m1/s1. The molecule has 0 bridgehead atoms. The third-order valence-electron chi connectivity index (χ3n) is 1.86. The first-order valence-electron chi connectivity index (χ1n) is 4.30. The zero-order valence-corrected chi connectivity index (χ0v) is 7.87. The predicted octanol–water partition coefficient (Wildman–Crippen LogP) is 0.539. The molecule has 0 spiro atoms. The maximum Gasteiger partial charge on any atom is 0.237 e. The molecule has 4 nitrogen and oxygen atoms in total. The van der Waals surface area contributed by atoms with Gasteiger partial charge in [-0.2, -0.15) is 0 Å². The first-order valence-corrected chi connectivity index (χ1v) is 4.30. The Labute approximate surface area is 77.5 Å². The molecule has 0 saturated carbocycles. The zero-order chi connectivity index (χ0) is 9.84. The highest BCUT2D eigenvalue weighted by molar-refractivity contribution is 5.81. The lowest BCUT2D eigenvalue weighted by atomic mass is 10.2. The van der Waals surface area contributed by atoms with Gasteiger partial charge in [-0.3, -0.25) is 4.79 Å². The van der Waals surface area contributed by atoms with E-state index in [2.05, 4.69) is 10.3 Å². The molecule has 0 saturated heterocycles. The van der Waals surface area contributed by atoms with Crippen LogP contribution in [-0.4, -0.2) is 16.9 Å². The Morgan fingerprint density at radius 1 is 1.62 bits per heavy atom. The summed E-state index contributed by atoms with van der Waals surface area (Å²) in [6, 6.07) is 3.33. The maximum atomic E-state index is 11.2. The first-order chi connectivity index (χ1) is 6.11. The number of rotatable bonds is 3. The average Bonchev–Trinajstić information content (AvgIpc) is 2.55. The fourth-order valence-corrected chi connectivity index (χ4v) is 1.04. The van der Waals surface area contributed by atoms with Crippen molar-refractivity contribution < 1.29 is 4.79 Å². The third-order valence-corrected chi connectivity index (χ3v) is 1.86. The van der Waals surface area contributed by atoms with Crippen molar-refractivity contribution in [2.45, 2.75) is 25.9 Å². The molecule has 0 aliphatic heterocycles. The minimum Gasteiger partial charge on any atom is -0.363 e. The van der Waals surface area contributed by atoms with Gasteiger partial charge in [0, 0.05) is 11.9 Å². The van der Waals surface area contributed by atoms with E-state index in [4.69, 9.17) is 5.73 Å². The van der Waals surface area contributed by atoms with E-state index in [0.29, 0.717) is 0 Å². The second kappa shape index (κ2) is 4.09. The van der Waals surface area contributed by atoms with Gasteiger partial charge in [0.25, 0.3) is 0 Å². The van der Waals surface area contributed by atoms with Gasteiger partial charge >= 0.3 is 0 Å². The second-order valence-corrected chi connectivity index (χ2v) is 3.14. The topological polar surface area (TPSA) is 70.9 Å². The van der Waals surface area contributed by atoms with Crippen molar-refractivity contribution in [1.82, 2.24) is 10.3 Å². The molecule has 0 aliphatic carbocycles. The number of aromatic amines is 1. The van der Waals surface area contributed by atoms with Crippen LogP contribution in [0, 0.1) is 0 Å². The molecule has 0 aliphatic rings. The van der Waals surface area contributed by atoms with E-state index in [0.717, 1.165) is 5.69 Å². The van der Waals surface area contributed by atoms with E-state index < -0.39 is 6.04 Å². The van der Waals surface area contributed by atoms with Crippen LogP contribution in [0.5, 0.6) is 0 Å². The molecule has 13 heavy (non-hydrogen) atoms. The van der Waals surface area contributed by atoms with Crippen LogP contribution >= 0.6 is 0 Å². The number of nitrogens with one attached hydrogen (secondary N) is 2. The Balaban J connectivity index is 2.51. The SMILES string of the molecule is CC(NC(=O)[C@@H](C)N)c1ccc[nH]1. The molecule has 1 aromatic rings. The van der Waals surface area contributed by atoms with Crippen LogP contribution in [0.15, 0.2) is 18.3 Å². The summed E-state index contributed by atoms with van der Waals surface area (Å²) in [6.45, 7) is 3.57. The summed E-state index contributed by atoms with van der Waals surface area (Å²) in [4.78, 5) is 14.2. The highest BCUT2D eigenvalue weighted by atomic mass is 16.2. The van der Waals surface area contributed by atoms with E-state index in [-0.39, 0.29) is 11.9 Å². The summed E-state index contributed by atoms with van der Waals surface area (Å²) in [5.41, 5.74) is 6.40. The highest BCUT2D eigenvalue weighted by Crippen LogP contribution is 2.08. The van der Waals surface area contributed by atoms with Gasteiger partial charge in [-0.15, -0.1) is 0 Å². The molecule has 1 heterocycles. The number of carbonyl (C=O) groups is 1. The van der Waals surface area contributed by atoms with E-state index in [1.807, 2.05) is 25.3 Å². The maximum absolute atomic E-state index is 11.2. The number of hydrogen-bond acceptors (Lipinski definition) is 2. The van der Waals surface area contributed by atoms with E-state index in [9.17, 15) is 4.79 Å². The van der Waals surface area contributed by atoms with Gasteiger partial charge in [-0.25, -0.2) is 0 Å². The average molecular weight is 181 g/mol. The van der Waals surface area contributed by atoms with E-state index >= 15 is 0 Å². The molecule has 4 N–H and O–H groups in total. The van der Waals surface area contributed by atoms with Crippen LogP contribution in [0.4, 0.5) is 0 Å². The molecular formula is C9H15N3O. The van der Waals surface area contributed by atoms with Crippen LogP contribution in [0.1, 0.15) is 25.6 Å². The van der Waals surface area contributed by atoms with E-state index in [1.54, 1.807) is 6.92 Å². The van der Waals surface area contributed by atoms with Gasteiger partial charge in [-0.1, -0.05) is 0 Å².